The molecule has 1 aromatic heterocycles. The number of carbonyl (C=O) groups excluding carboxylic acids is 2. The van der Waals surface area contributed by atoms with Gasteiger partial charge in [-0.3, -0.25) is 9.59 Å². The summed E-state index contributed by atoms with van der Waals surface area (Å²) in [5.41, 5.74) is 0.313. The number of aromatic nitrogens is 1. The number of Topliss-reactive ketones (excluding diaryl/α,β-unsaturated/α-hetero) is 1. The number of carbonyl (C=O) groups is 2. The Kier molecular flexibility index (Phi) is 6.67. The molecule has 1 saturated heterocycles. The van der Waals surface area contributed by atoms with Gasteiger partial charge in [-0.1, -0.05) is 41.4 Å². The summed E-state index contributed by atoms with van der Waals surface area (Å²) in [4.78, 5) is 32.5. The number of nitriles is 1. The molecule has 172 valence electrons. The molecule has 1 amide bonds. The zero-order valence-corrected chi connectivity index (χ0v) is 19.6. The van der Waals surface area contributed by atoms with Crippen molar-refractivity contribution in [2.45, 2.75) is 11.5 Å². The minimum atomic E-state index is -1.34. The van der Waals surface area contributed by atoms with Gasteiger partial charge >= 0.3 is 0 Å². The molecular weight excluding hydrogens is 478 g/mol. The Balaban J connectivity index is 1.84. The van der Waals surface area contributed by atoms with E-state index in [0.29, 0.717) is 27.7 Å². The van der Waals surface area contributed by atoms with Crippen molar-refractivity contribution in [3.8, 4) is 6.07 Å². The molecular formula is C25H19Cl2FN4O2. The number of benzene rings is 2. The first-order valence-corrected chi connectivity index (χ1v) is 11.1. The van der Waals surface area contributed by atoms with E-state index in [2.05, 4.69) is 10.3 Å². The number of halogens is 3. The van der Waals surface area contributed by atoms with Crippen LogP contribution in [-0.2, 0) is 0 Å². The fraction of sp³-hybridized carbons (Fsp3) is 0.200. The van der Waals surface area contributed by atoms with Crippen molar-refractivity contribution < 1.29 is 14.0 Å². The van der Waals surface area contributed by atoms with E-state index >= 15 is 0 Å². The Hall–Kier alpha value is -3.31. The molecule has 1 aliphatic heterocycles. The van der Waals surface area contributed by atoms with Crippen LogP contribution in [0, 0.1) is 17.3 Å². The standard InChI is InChI=1S/C25H19Cl2FN4O2/c1-32(24(34)18-7-9-22(28)31-12-18)25(23(33)16-4-2-15(11-29)3-5-16)14-30-13-19(25)17-6-8-20(26)21(27)10-17/h2-10,12,19,30H,13-14H2,1H3/t19-,25+/m0/s1. The molecule has 3 aromatic rings. The number of amides is 1. The molecule has 0 bridgehead atoms. The van der Waals surface area contributed by atoms with Crippen LogP contribution in [0.2, 0.25) is 10.0 Å². The van der Waals surface area contributed by atoms with E-state index in [9.17, 15) is 14.0 Å². The zero-order chi connectivity index (χ0) is 24.5. The van der Waals surface area contributed by atoms with E-state index in [1.165, 1.54) is 11.0 Å². The molecule has 1 N–H and O–H groups in total. The number of rotatable bonds is 5. The first-order valence-electron chi connectivity index (χ1n) is 10.4. The van der Waals surface area contributed by atoms with Gasteiger partial charge in [0, 0.05) is 37.8 Å². The van der Waals surface area contributed by atoms with Crippen molar-refractivity contribution in [3.63, 3.8) is 0 Å². The van der Waals surface area contributed by atoms with Gasteiger partial charge in [-0.05, 0) is 42.0 Å². The van der Waals surface area contributed by atoms with Gasteiger partial charge in [0.1, 0.15) is 5.54 Å². The Morgan fingerprint density at radius 2 is 1.82 bits per heavy atom. The molecule has 0 saturated carbocycles. The van der Waals surface area contributed by atoms with Gasteiger partial charge < -0.3 is 10.2 Å². The fourth-order valence-corrected chi connectivity index (χ4v) is 4.69. The third-order valence-corrected chi connectivity index (χ3v) is 6.95. The quantitative estimate of drug-likeness (QED) is 0.415. The molecule has 2 aromatic carbocycles. The van der Waals surface area contributed by atoms with E-state index in [1.54, 1.807) is 49.5 Å². The van der Waals surface area contributed by atoms with Gasteiger partial charge in [-0.25, -0.2) is 4.98 Å². The molecule has 0 radical (unpaired) electrons. The lowest BCUT2D eigenvalue weighted by Crippen LogP contribution is -2.59. The van der Waals surface area contributed by atoms with E-state index < -0.39 is 23.3 Å². The highest BCUT2D eigenvalue weighted by Gasteiger charge is 2.54. The molecule has 0 aliphatic carbocycles. The number of pyridine rings is 1. The van der Waals surface area contributed by atoms with Crippen LogP contribution in [0.1, 0.15) is 37.8 Å². The van der Waals surface area contributed by atoms with Crippen molar-refractivity contribution in [2.75, 3.05) is 20.1 Å². The number of hydrogen-bond donors (Lipinski definition) is 1. The second-order valence-electron chi connectivity index (χ2n) is 8.03. The molecule has 2 heterocycles. The van der Waals surface area contributed by atoms with E-state index in [-0.39, 0.29) is 17.9 Å². The molecule has 1 aliphatic rings. The molecule has 2 atom stereocenters. The number of nitrogens with one attached hydrogen (secondary N) is 1. The van der Waals surface area contributed by atoms with Gasteiger partial charge in [-0.15, -0.1) is 0 Å². The summed E-state index contributed by atoms with van der Waals surface area (Å²) in [5, 5.41) is 13.1. The van der Waals surface area contributed by atoms with E-state index in [1.807, 2.05) is 6.07 Å². The number of ketones is 1. The number of likely N-dealkylation sites (N-methyl/N-ethyl adjacent to an activating group) is 1. The van der Waals surface area contributed by atoms with Gasteiger partial charge in [0.2, 0.25) is 5.95 Å². The topological polar surface area (TPSA) is 86.1 Å². The summed E-state index contributed by atoms with van der Waals surface area (Å²) in [7, 11) is 1.55. The van der Waals surface area contributed by atoms with Crippen LogP contribution >= 0.6 is 23.2 Å². The molecule has 4 rings (SSSR count). The summed E-state index contributed by atoms with van der Waals surface area (Å²) < 4.78 is 13.3. The predicted octanol–water partition coefficient (Wildman–Crippen LogP) is 4.48. The molecule has 0 unspecified atom stereocenters. The lowest BCUT2D eigenvalue weighted by molar-refractivity contribution is 0.0476. The predicted molar refractivity (Wildman–Crippen MR) is 127 cm³/mol. The maximum atomic E-state index is 14.1. The third kappa shape index (κ3) is 4.16. The highest BCUT2D eigenvalue weighted by atomic mass is 35.5. The molecule has 1 fully saturated rings. The second kappa shape index (κ2) is 9.51. The monoisotopic (exact) mass is 496 g/mol. The number of nitrogens with zero attached hydrogens (tertiary/aromatic N) is 3. The zero-order valence-electron chi connectivity index (χ0n) is 18.1. The lowest BCUT2D eigenvalue weighted by Gasteiger charge is -2.41. The van der Waals surface area contributed by atoms with Crippen LogP contribution in [0.25, 0.3) is 0 Å². The van der Waals surface area contributed by atoms with Crippen LogP contribution < -0.4 is 5.32 Å². The largest absolute Gasteiger partial charge is 0.327 e. The highest BCUT2D eigenvalue weighted by molar-refractivity contribution is 6.42. The van der Waals surface area contributed by atoms with Crippen LogP contribution in [0.3, 0.4) is 0 Å². The van der Waals surface area contributed by atoms with Gasteiger partial charge in [0.05, 0.1) is 27.2 Å². The molecule has 6 nitrogen and oxygen atoms in total. The van der Waals surface area contributed by atoms with Crippen molar-refractivity contribution in [3.05, 3.63) is 99.0 Å². The summed E-state index contributed by atoms with van der Waals surface area (Å²) in [6, 6.07) is 15.9. The van der Waals surface area contributed by atoms with Crippen molar-refractivity contribution in [1.82, 2.24) is 15.2 Å². The third-order valence-electron chi connectivity index (χ3n) is 6.21. The summed E-state index contributed by atoms with van der Waals surface area (Å²) in [6.07, 6.45) is 1.14. The summed E-state index contributed by atoms with van der Waals surface area (Å²) >= 11 is 12.4. The average Bonchev–Trinajstić information content (AvgIpc) is 3.31. The Morgan fingerprint density at radius 1 is 1.12 bits per heavy atom. The molecule has 0 spiro atoms. The maximum absolute atomic E-state index is 14.1. The van der Waals surface area contributed by atoms with Crippen LogP contribution in [0.15, 0.2) is 60.8 Å². The van der Waals surface area contributed by atoms with Gasteiger partial charge in [-0.2, -0.15) is 9.65 Å². The van der Waals surface area contributed by atoms with Gasteiger partial charge in [0.15, 0.2) is 5.78 Å². The Morgan fingerprint density at radius 3 is 2.44 bits per heavy atom. The van der Waals surface area contributed by atoms with Crippen LogP contribution in [-0.4, -0.2) is 47.3 Å². The van der Waals surface area contributed by atoms with E-state index in [4.69, 9.17) is 28.5 Å². The smallest absolute Gasteiger partial charge is 0.256 e. The van der Waals surface area contributed by atoms with Crippen molar-refractivity contribution in [1.29, 1.82) is 5.26 Å². The van der Waals surface area contributed by atoms with E-state index in [0.717, 1.165) is 17.8 Å². The first kappa shape index (κ1) is 23.8. The Bertz CT molecular complexity index is 1290. The SMILES string of the molecule is CN(C(=O)c1ccc(F)nc1)[C@]1(C(=O)c2ccc(C#N)cc2)CNC[C@H]1c1ccc(Cl)c(Cl)c1. The fourth-order valence-electron chi connectivity index (χ4n) is 4.39. The second-order valence-corrected chi connectivity index (χ2v) is 8.85. The van der Waals surface area contributed by atoms with Crippen LogP contribution in [0.5, 0.6) is 0 Å². The maximum Gasteiger partial charge on any atom is 0.256 e. The highest BCUT2D eigenvalue weighted by Crippen LogP contribution is 2.41. The first-order chi connectivity index (χ1) is 16.3. The Labute approximate surface area is 205 Å². The normalized spacial score (nSPS) is 19.4. The van der Waals surface area contributed by atoms with Gasteiger partial charge in [0.25, 0.3) is 5.91 Å². The van der Waals surface area contributed by atoms with Crippen molar-refractivity contribution >= 4 is 34.9 Å². The molecule has 9 heteroatoms. The average molecular weight is 497 g/mol. The minimum absolute atomic E-state index is 0.149. The number of hydrogen-bond acceptors (Lipinski definition) is 5. The summed E-state index contributed by atoms with van der Waals surface area (Å²) in [6.45, 7) is 0.576. The summed E-state index contributed by atoms with van der Waals surface area (Å²) in [5.74, 6) is -1.96. The van der Waals surface area contributed by atoms with Crippen molar-refractivity contribution in [2.24, 2.45) is 0 Å². The van der Waals surface area contributed by atoms with Crippen LogP contribution in [0.4, 0.5) is 4.39 Å². The molecule has 34 heavy (non-hydrogen) atoms. The minimum Gasteiger partial charge on any atom is -0.327 e. The lowest BCUT2D eigenvalue weighted by atomic mass is 9.75.